The van der Waals surface area contributed by atoms with Gasteiger partial charge in [0.2, 0.25) is 0 Å². The fraction of sp³-hybridized carbons (Fsp3) is 0.136. The molecule has 0 saturated heterocycles. The van der Waals surface area contributed by atoms with Crippen molar-refractivity contribution in [3.05, 3.63) is 107 Å². The molecule has 0 fully saturated rings. The highest BCUT2D eigenvalue weighted by atomic mass is 16.1. The molecule has 0 aliphatic heterocycles. The molecule has 3 aromatic rings. The number of carbonyl (C=O) groups excluding carboxylic acids is 1. The van der Waals surface area contributed by atoms with E-state index in [2.05, 4.69) is 29.6 Å². The predicted molar refractivity (Wildman–Crippen MR) is 103 cm³/mol. The molecule has 0 heterocycles. The van der Waals surface area contributed by atoms with Crippen LogP contribution in [0.5, 0.6) is 0 Å². The van der Waals surface area contributed by atoms with Crippen LogP contribution in [-0.4, -0.2) is 12.8 Å². The fourth-order valence-electron chi connectivity index (χ4n) is 2.34. The first-order valence-corrected chi connectivity index (χ1v) is 8.32. The third kappa shape index (κ3) is 5.99. The van der Waals surface area contributed by atoms with E-state index in [1.165, 1.54) is 11.1 Å². The number of ketones is 1. The molecule has 0 spiro atoms. The topological polar surface area (TPSA) is 55.1 Å². The van der Waals surface area contributed by atoms with Gasteiger partial charge >= 0.3 is 0 Å². The van der Waals surface area contributed by atoms with Crippen LogP contribution in [0.1, 0.15) is 27.0 Å². The second-order valence-corrected chi connectivity index (χ2v) is 5.61. The van der Waals surface area contributed by atoms with Gasteiger partial charge in [-0.3, -0.25) is 4.79 Å². The Labute approximate surface area is 149 Å². The number of hydrogen-bond acceptors (Lipinski definition) is 3. The first kappa shape index (κ1) is 18.6. The van der Waals surface area contributed by atoms with E-state index in [-0.39, 0.29) is 5.78 Å². The van der Waals surface area contributed by atoms with Crippen molar-refractivity contribution in [2.45, 2.75) is 13.1 Å². The van der Waals surface area contributed by atoms with Crippen LogP contribution < -0.4 is 11.1 Å². The molecule has 0 aliphatic rings. The minimum atomic E-state index is 0.0752. The summed E-state index contributed by atoms with van der Waals surface area (Å²) in [7, 11) is 1.94. The van der Waals surface area contributed by atoms with Gasteiger partial charge in [0, 0.05) is 24.2 Å². The summed E-state index contributed by atoms with van der Waals surface area (Å²) in [5, 5.41) is 3.09. The van der Waals surface area contributed by atoms with Crippen molar-refractivity contribution in [1.82, 2.24) is 5.32 Å². The summed E-state index contributed by atoms with van der Waals surface area (Å²) in [6.07, 6.45) is 0. The standard InChI is InChI=1S/C13H10O.C9H14N2/c14-13(11-7-3-1-4-8-11)12-9-5-2-6-10-12;1-11-7-9-4-2-8(6-10)3-5-9/h1-10H;2-5,11H,6-7,10H2,1H3. The van der Waals surface area contributed by atoms with Gasteiger partial charge in [-0.25, -0.2) is 0 Å². The van der Waals surface area contributed by atoms with Crippen molar-refractivity contribution in [3.8, 4) is 0 Å². The van der Waals surface area contributed by atoms with Gasteiger partial charge in [0.1, 0.15) is 0 Å². The Morgan fingerprint density at radius 3 is 1.60 bits per heavy atom. The Hall–Kier alpha value is -2.75. The van der Waals surface area contributed by atoms with E-state index < -0.39 is 0 Å². The van der Waals surface area contributed by atoms with E-state index in [1.807, 2.05) is 67.7 Å². The van der Waals surface area contributed by atoms with Gasteiger partial charge in [-0.15, -0.1) is 0 Å². The Bertz CT molecular complexity index is 712. The molecule has 0 saturated carbocycles. The van der Waals surface area contributed by atoms with Crippen LogP contribution >= 0.6 is 0 Å². The van der Waals surface area contributed by atoms with E-state index in [0.29, 0.717) is 6.54 Å². The predicted octanol–water partition coefficient (Wildman–Crippen LogP) is 3.78. The quantitative estimate of drug-likeness (QED) is 0.699. The number of benzene rings is 3. The molecule has 3 rings (SSSR count). The lowest BCUT2D eigenvalue weighted by molar-refractivity contribution is 0.103. The molecule has 0 atom stereocenters. The monoisotopic (exact) mass is 332 g/mol. The molecule has 3 N–H and O–H groups in total. The van der Waals surface area contributed by atoms with Gasteiger partial charge < -0.3 is 11.1 Å². The molecule has 0 amide bonds. The van der Waals surface area contributed by atoms with Crippen LogP contribution in [0.25, 0.3) is 0 Å². The molecule has 128 valence electrons. The second kappa shape index (κ2) is 10.2. The van der Waals surface area contributed by atoms with E-state index in [0.717, 1.165) is 17.7 Å². The third-order valence-corrected chi connectivity index (χ3v) is 3.71. The zero-order valence-corrected chi connectivity index (χ0v) is 14.5. The zero-order valence-electron chi connectivity index (χ0n) is 14.5. The summed E-state index contributed by atoms with van der Waals surface area (Å²) >= 11 is 0. The number of rotatable bonds is 5. The molecule has 3 heteroatoms. The van der Waals surface area contributed by atoms with Crippen molar-refractivity contribution < 1.29 is 4.79 Å². The summed E-state index contributed by atoms with van der Waals surface area (Å²) in [6.45, 7) is 1.55. The lowest BCUT2D eigenvalue weighted by Crippen LogP contribution is -2.05. The first-order valence-electron chi connectivity index (χ1n) is 8.32. The van der Waals surface area contributed by atoms with Gasteiger partial charge in [0.25, 0.3) is 0 Å². The van der Waals surface area contributed by atoms with E-state index in [4.69, 9.17) is 5.73 Å². The molecule has 3 aromatic carbocycles. The van der Waals surface area contributed by atoms with E-state index in [9.17, 15) is 4.79 Å². The number of nitrogens with one attached hydrogen (secondary N) is 1. The van der Waals surface area contributed by atoms with Crippen LogP contribution in [-0.2, 0) is 13.1 Å². The maximum absolute atomic E-state index is 11.8. The van der Waals surface area contributed by atoms with Crippen molar-refractivity contribution >= 4 is 5.78 Å². The minimum absolute atomic E-state index is 0.0752. The highest BCUT2D eigenvalue weighted by Gasteiger charge is 2.06. The number of carbonyl (C=O) groups is 1. The van der Waals surface area contributed by atoms with Gasteiger partial charge in [0.15, 0.2) is 5.78 Å². The van der Waals surface area contributed by atoms with Crippen molar-refractivity contribution in [2.24, 2.45) is 5.73 Å². The Morgan fingerprint density at radius 1 is 0.760 bits per heavy atom. The average molecular weight is 332 g/mol. The Kier molecular flexibility index (Phi) is 7.57. The van der Waals surface area contributed by atoms with Gasteiger partial charge in [-0.1, -0.05) is 84.9 Å². The lowest BCUT2D eigenvalue weighted by atomic mass is 10.0. The molecule has 0 aromatic heterocycles. The highest BCUT2D eigenvalue weighted by Crippen LogP contribution is 2.08. The molecule has 0 unspecified atom stereocenters. The average Bonchev–Trinajstić information content (AvgIpc) is 2.70. The van der Waals surface area contributed by atoms with Crippen molar-refractivity contribution in [3.63, 3.8) is 0 Å². The molecule has 0 bridgehead atoms. The van der Waals surface area contributed by atoms with Crippen molar-refractivity contribution in [1.29, 1.82) is 0 Å². The van der Waals surface area contributed by atoms with Crippen molar-refractivity contribution in [2.75, 3.05) is 7.05 Å². The lowest BCUT2D eigenvalue weighted by Gasteiger charge is -2.00. The van der Waals surface area contributed by atoms with Gasteiger partial charge in [-0.05, 0) is 18.2 Å². The van der Waals surface area contributed by atoms with E-state index in [1.54, 1.807) is 0 Å². The Balaban J connectivity index is 0.000000186. The molecular formula is C22H24N2O. The molecule has 3 nitrogen and oxygen atoms in total. The molecule has 0 aliphatic carbocycles. The summed E-state index contributed by atoms with van der Waals surface area (Å²) in [6, 6.07) is 26.9. The van der Waals surface area contributed by atoms with Crippen LogP contribution in [0, 0.1) is 0 Å². The molecular weight excluding hydrogens is 308 g/mol. The van der Waals surface area contributed by atoms with Crippen LogP contribution in [0.4, 0.5) is 0 Å². The maximum Gasteiger partial charge on any atom is 0.193 e. The van der Waals surface area contributed by atoms with Crippen LogP contribution in [0.15, 0.2) is 84.9 Å². The largest absolute Gasteiger partial charge is 0.326 e. The van der Waals surface area contributed by atoms with Crippen LogP contribution in [0.2, 0.25) is 0 Å². The smallest absolute Gasteiger partial charge is 0.193 e. The second-order valence-electron chi connectivity index (χ2n) is 5.61. The summed E-state index contributed by atoms with van der Waals surface area (Å²) in [5.41, 5.74) is 9.41. The Morgan fingerprint density at radius 2 is 1.20 bits per heavy atom. The zero-order chi connectivity index (χ0) is 17.9. The number of hydrogen-bond donors (Lipinski definition) is 2. The summed E-state index contributed by atoms with van der Waals surface area (Å²) in [4.78, 5) is 11.8. The van der Waals surface area contributed by atoms with E-state index >= 15 is 0 Å². The van der Waals surface area contributed by atoms with Gasteiger partial charge in [-0.2, -0.15) is 0 Å². The minimum Gasteiger partial charge on any atom is -0.326 e. The molecule has 0 radical (unpaired) electrons. The highest BCUT2D eigenvalue weighted by molar-refractivity contribution is 6.08. The van der Waals surface area contributed by atoms with Gasteiger partial charge in [0.05, 0.1) is 0 Å². The van der Waals surface area contributed by atoms with Crippen LogP contribution in [0.3, 0.4) is 0 Å². The third-order valence-electron chi connectivity index (χ3n) is 3.71. The molecule has 25 heavy (non-hydrogen) atoms. The fourth-order valence-corrected chi connectivity index (χ4v) is 2.34. The summed E-state index contributed by atoms with van der Waals surface area (Å²) < 4.78 is 0. The maximum atomic E-state index is 11.8. The summed E-state index contributed by atoms with van der Waals surface area (Å²) in [5.74, 6) is 0.0752. The first-order chi connectivity index (χ1) is 12.2. The normalized spacial score (nSPS) is 9.84. The SMILES string of the molecule is CNCc1ccc(CN)cc1.O=C(c1ccccc1)c1ccccc1. The number of nitrogens with two attached hydrogens (primary N) is 1.